The van der Waals surface area contributed by atoms with E-state index in [9.17, 15) is 13.2 Å². The summed E-state index contributed by atoms with van der Waals surface area (Å²) in [4.78, 5) is 12.4. The Morgan fingerprint density at radius 2 is 1.92 bits per heavy atom. The van der Waals surface area contributed by atoms with Gasteiger partial charge in [0.2, 0.25) is 15.9 Å². The van der Waals surface area contributed by atoms with Gasteiger partial charge in [0, 0.05) is 13.2 Å². The summed E-state index contributed by atoms with van der Waals surface area (Å²) in [7, 11) is -3.57. The van der Waals surface area contributed by atoms with Crippen molar-refractivity contribution < 1.29 is 17.9 Å². The lowest BCUT2D eigenvalue weighted by Gasteiger charge is -2.27. The number of anilines is 1. The number of nitrogens with zero attached hydrogens (tertiary/aromatic N) is 1. The number of ether oxygens (including phenoxy) is 1. The lowest BCUT2D eigenvalue weighted by Crippen LogP contribution is -2.43. The average Bonchev–Trinajstić information content (AvgIpc) is 3.09. The number of hydrogen-bond acceptors (Lipinski definition) is 4. The highest BCUT2D eigenvalue weighted by atomic mass is 32.2. The Bertz CT molecular complexity index is 675. The second kappa shape index (κ2) is 8.67. The molecule has 7 heteroatoms. The van der Waals surface area contributed by atoms with Crippen LogP contribution in [0.4, 0.5) is 5.69 Å². The first-order valence-electron chi connectivity index (χ1n) is 8.83. The van der Waals surface area contributed by atoms with Crippen molar-refractivity contribution >= 4 is 21.6 Å². The predicted octanol–water partition coefficient (Wildman–Crippen LogP) is 1.87. The number of para-hydroxylation sites is 1. The van der Waals surface area contributed by atoms with Crippen LogP contribution in [-0.4, -0.2) is 46.4 Å². The Balaban J connectivity index is 2.21. The molecule has 1 aromatic rings. The third-order valence-electron chi connectivity index (χ3n) is 4.45. The molecule has 1 aliphatic heterocycles. The Morgan fingerprint density at radius 1 is 1.28 bits per heavy atom. The van der Waals surface area contributed by atoms with Gasteiger partial charge in [0.25, 0.3) is 0 Å². The first-order chi connectivity index (χ1) is 11.9. The van der Waals surface area contributed by atoms with E-state index >= 15 is 0 Å². The van der Waals surface area contributed by atoms with Gasteiger partial charge in [0.1, 0.15) is 6.54 Å². The fourth-order valence-electron chi connectivity index (χ4n) is 3.12. The summed E-state index contributed by atoms with van der Waals surface area (Å²) < 4.78 is 31.5. The highest BCUT2D eigenvalue weighted by Crippen LogP contribution is 2.28. The zero-order valence-corrected chi connectivity index (χ0v) is 16.1. The quantitative estimate of drug-likeness (QED) is 0.760. The average molecular weight is 368 g/mol. The van der Waals surface area contributed by atoms with Gasteiger partial charge in [0.15, 0.2) is 0 Å². The van der Waals surface area contributed by atoms with Crippen LogP contribution in [0, 0.1) is 0 Å². The maximum Gasteiger partial charge on any atom is 0.240 e. The van der Waals surface area contributed by atoms with Crippen LogP contribution in [0.1, 0.15) is 37.8 Å². The van der Waals surface area contributed by atoms with Gasteiger partial charge in [-0.3, -0.25) is 9.10 Å². The van der Waals surface area contributed by atoms with Crippen LogP contribution >= 0.6 is 0 Å². The molecule has 25 heavy (non-hydrogen) atoms. The highest BCUT2D eigenvalue weighted by Gasteiger charge is 2.25. The number of nitrogens with one attached hydrogen (secondary N) is 1. The molecule has 6 nitrogen and oxygen atoms in total. The molecule has 0 radical (unpaired) electrons. The molecule has 1 unspecified atom stereocenters. The van der Waals surface area contributed by atoms with Gasteiger partial charge in [-0.2, -0.15) is 0 Å². The van der Waals surface area contributed by atoms with Crippen LogP contribution in [0.3, 0.4) is 0 Å². The number of aryl methyl sites for hydroxylation is 2. The van der Waals surface area contributed by atoms with Crippen molar-refractivity contribution in [1.29, 1.82) is 0 Å². The normalized spacial score (nSPS) is 17.5. The van der Waals surface area contributed by atoms with E-state index in [1.54, 1.807) is 0 Å². The molecule has 2 rings (SSSR count). The first-order valence-corrected chi connectivity index (χ1v) is 10.7. The van der Waals surface area contributed by atoms with Crippen LogP contribution in [0.5, 0.6) is 0 Å². The van der Waals surface area contributed by atoms with Gasteiger partial charge >= 0.3 is 0 Å². The molecule has 0 saturated carbocycles. The number of carbonyl (C=O) groups excluding carboxylic acids is 1. The van der Waals surface area contributed by atoms with Crippen LogP contribution < -0.4 is 9.62 Å². The fourth-order valence-corrected chi connectivity index (χ4v) is 4.03. The lowest BCUT2D eigenvalue weighted by atomic mass is 10.0. The van der Waals surface area contributed by atoms with Gasteiger partial charge in [-0.25, -0.2) is 8.42 Å². The van der Waals surface area contributed by atoms with Gasteiger partial charge in [-0.05, 0) is 36.8 Å². The van der Waals surface area contributed by atoms with E-state index in [4.69, 9.17) is 4.74 Å². The minimum absolute atomic E-state index is 0.0322. The van der Waals surface area contributed by atoms with E-state index in [1.807, 2.05) is 32.0 Å². The number of amides is 1. The maximum atomic E-state index is 12.4. The molecule has 0 spiro atoms. The summed E-state index contributed by atoms with van der Waals surface area (Å²) >= 11 is 0. The topological polar surface area (TPSA) is 75.7 Å². The Hall–Kier alpha value is -1.60. The number of sulfonamides is 1. The van der Waals surface area contributed by atoms with Crippen molar-refractivity contribution in [2.75, 3.05) is 30.3 Å². The molecule has 1 saturated heterocycles. The van der Waals surface area contributed by atoms with Crippen molar-refractivity contribution in [3.63, 3.8) is 0 Å². The van der Waals surface area contributed by atoms with Crippen molar-refractivity contribution in [3.05, 3.63) is 29.3 Å². The van der Waals surface area contributed by atoms with Crippen molar-refractivity contribution in [2.24, 2.45) is 0 Å². The molecule has 140 valence electrons. The molecule has 1 N–H and O–H groups in total. The van der Waals surface area contributed by atoms with Crippen molar-refractivity contribution in [1.82, 2.24) is 5.32 Å². The molecule has 1 fully saturated rings. The monoisotopic (exact) mass is 368 g/mol. The zero-order chi connectivity index (χ0) is 18.4. The van der Waals surface area contributed by atoms with Gasteiger partial charge in [-0.15, -0.1) is 0 Å². The van der Waals surface area contributed by atoms with Gasteiger partial charge < -0.3 is 10.1 Å². The third-order valence-corrected chi connectivity index (χ3v) is 5.57. The van der Waals surface area contributed by atoms with E-state index < -0.39 is 10.0 Å². The van der Waals surface area contributed by atoms with E-state index in [2.05, 4.69) is 5.32 Å². The largest absolute Gasteiger partial charge is 0.376 e. The second-order valence-corrected chi connectivity index (χ2v) is 8.25. The molecule has 0 aromatic heterocycles. The Kier molecular flexibility index (Phi) is 6.84. The van der Waals surface area contributed by atoms with E-state index in [0.29, 0.717) is 25.1 Å². The minimum atomic E-state index is -3.57. The van der Waals surface area contributed by atoms with Crippen LogP contribution in [0.2, 0.25) is 0 Å². The number of carbonyl (C=O) groups is 1. The number of benzene rings is 1. The fraction of sp³-hybridized carbons (Fsp3) is 0.611. The van der Waals surface area contributed by atoms with E-state index in [1.165, 1.54) is 4.31 Å². The summed E-state index contributed by atoms with van der Waals surface area (Å²) in [5.74, 6) is -0.311. The van der Waals surface area contributed by atoms with E-state index in [-0.39, 0.29) is 18.6 Å². The van der Waals surface area contributed by atoms with Crippen LogP contribution in [0.15, 0.2) is 18.2 Å². The maximum absolute atomic E-state index is 12.4. The molecular weight excluding hydrogens is 340 g/mol. The van der Waals surface area contributed by atoms with Gasteiger partial charge in [-0.1, -0.05) is 32.0 Å². The molecule has 1 aliphatic rings. The SMILES string of the molecule is CCc1cccc(CC)c1N(CC(=O)NCC1CCCO1)S(C)(=O)=O. The predicted molar refractivity (Wildman–Crippen MR) is 99.4 cm³/mol. The smallest absolute Gasteiger partial charge is 0.240 e. The van der Waals surface area contributed by atoms with Gasteiger partial charge in [0.05, 0.1) is 18.0 Å². The van der Waals surface area contributed by atoms with Crippen LogP contribution in [-0.2, 0) is 32.4 Å². The minimum Gasteiger partial charge on any atom is -0.376 e. The molecule has 1 atom stereocenters. The first kappa shape index (κ1) is 19.7. The zero-order valence-electron chi connectivity index (χ0n) is 15.2. The Labute approximate surface area is 150 Å². The summed E-state index contributed by atoms with van der Waals surface area (Å²) in [5, 5.41) is 2.80. The third kappa shape index (κ3) is 5.19. The lowest BCUT2D eigenvalue weighted by molar-refractivity contribution is -0.120. The highest BCUT2D eigenvalue weighted by molar-refractivity contribution is 7.92. The summed E-state index contributed by atoms with van der Waals surface area (Å²) in [5.41, 5.74) is 2.50. The molecule has 1 heterocycles. The standard InChI is InChI=1S/C18H28N2O4S/c1-4-14-8-6-9-15(5-2)18(14)20(25(3,22)23)13-17(21)19-12-16-10-7-11-24-16/h6,8-9,16H,4-5,7,10-13H2,1-3H3,(H,19,21). The molecular formula is C18H28N2O4S. The number of rotatable bonds is 8. The molecule has 0 aliphatic carbocycles. The summed E-state index contributed by atoms with van der Waals surface area (Å²) in [6.45, 7) is 4.90. The van der Waals surface area contributed by atoms with Crippen molar-refractivity contribution in [2.45, 2.75) is 45.6 Å². The number of hydrogen-bond donors (Lipinski definition) is 1. The summed E-state index contributed by atoms with van der Waals surface area (Å²) in [6.07, 6.45) is 4.50. The Morgan fingerprint density at radius 3 is 2.40 bits per heavy atom. The van der Waals surface area contributed by atoms with Crippen LogP contribution in [0.25, 0.3) is 0 Å². The molecule has 0 bridgehead atoms. The second-order valence-electron chi connectivity index (χ2n) is 6.34. The van der Waals surface area contributed by atoms with E-state index in [0.717, 1.165) is 36.8 Å². The molecule has 1 amide bonds. The summed E-state index contributed by atoms with van der Waals surface area (Å²) in [6, 6.07) is 5.76. The van der Waals surface area contributed by atoms with Crippen molar-refractivity contribution in [3.8, 4) is 0 Å². The molecule has 1 aromatic carbocycles.